The van der Waals surface area contributed by atoms with Crippen LogP contribution in [0.3, 0.4) is 0 Å². The maximum atomic E-state index is 13.0. The fourth-order valence-electron chi connectivity index (χ4n) is 1.96. The van der Waals surface area contributed by atoms with E-state index in [4.69, 9.17) is 4.74 Å². The first kappa shape index (κ1) is 14.2. The van der Waals surface area contributed by atoms with Crippen molar-refractivity contribution < 1.29 is 18.7 Å². The second kappa shape index (κ2) is 5.97. The SMILES string of the molecule is O=C(OC(C(=O)NC1CC1)c1ccc(F)cc1)c1ccn[nH]1. The molecule has 0 saturated heterocycles. The second-order valence-corrected chi connectivity index (χ2v) is 5.09. The molecule has 0 bridgehead atoms. The standard InChI is InChI=1S/C15H14FN3O3/c16-10-3-1-9(2-4-10)13(14(20)18-11-5-6-11)22-15(21)12-7-8-17-19-12/h1-4,7-8,11,13H,5-6H2,(H,17,19)(H,18,20). The van der Waals surface area contributed by atoms with Gasteiger partial charge in [0.05, 0.1) is 0 Å². The molecule has 1 aromatic heterocycles. The van der Waals surface area contributed by atoms with Gasteiger partial charge in [-0.15, -0.1) is 0 Å². The lowest BCUT2D eigenvalue weighted by Gasteiger charge is -2.17. The minimum Gasteiger partial charge on any atom is -0.443 e. The number of benzene rings is 1. The highest BCUT2D eigenvalue weighted by atomic mass is 19.1. The van der Waals surface area contributed by atoms with Crippen LogP contribution in [-0.2, 0) is 9.53 Å². The quantitative estimate of drug-likeness (QED) is 0.824. The van der Waals surface area contributed by atoms with Gasteiger partial charge in [-0.05, 0) is 31.0 Å². The molecule has 22 heavy (non-hydrogen) atoms. The molecule has 1 aliphatic rings. The van der Waals surface area contributed by atoms with Crippen LogP contribution in [0.15, 0.2) is 36.5 Å². The summed E-state index contributed by atoms with van der Waals surface area (Å²) in [6, 6.07) is 6.86. The van der Waals surface area contributed by atoms with Crippen LogP contribution >= 0.6 is 0 Å². The summed E-state index contributed by atoms with van der Waals surface area (Å²) in [6.07, 6.45) is 2.11. The Balaban J connectivity index is 1.80. The van der Waals surface area contributed by atoms with Gasteiger partial charge in [0, 0.05) is 17.8 Å². The Bertz CT molecular complexity index is 666. The normalized spacial score (nSPS) is 15.1. The fourth-order valence-corrected chi connectivity index (χ4v) is 1.96. The molecule has 0 aliphatic heterocycles. The summed E-state index contributed by atoms with van der Waals surface area (Å²) in [5, 5.41) is 8.92. The summed E-state index contributed by atoms with van der Waals surface area (Å²) in [7, 11) is 0. The number of hydrogen-bond donors (Lipinski definition) is 2. The molecule has 1 heterocycles. The highest BCUT2D eigenvalue weighted by molar-refractivity contribution is 5.91. The van der Waals surface area contributed by atoms with Gasteiger partial charge in [-0.2, -0.15) is 5.10 Å². The van der Waals surface area contributed by atoms with E-state index in [1.165, 1.54) is 36.5 Å². The van der Waals surface area contributed by atoms with Crippen LogP contribution < -0.4 is 5.32 Å². The van der Waals surface area contributed by atoms with Crippen LogP contribution in [-0.4, -0.2) is 28.1 Å². The van der Waals surface area contributed by atoms with E-state index in [1.54, 1.807) is 0 Å². The van der Waals surface area contributed by atoms with Crippen molar-refractivity contribution in [1.29, 1.82) is 0 Å². The lowest BCUT2D eigenvalue weighted by atomic mass is 10.1. The molecule has 1 fully saturated rings. The number of carbonyl (C=O) groups is 2. The zero-order chi connectivity index (χ0) is 15.5. The third kappa shape index (κ3) is 3.30. The molecular weight excluding hydrogens is 289 g/mol. The third-order valence-electron chi connectivity index (χ3n) is 3.28. The van der Waals surface area contributed by atoms with Gasteiger partial charge in [-0.3, -0.25) is 9.89 Å². The molecule has 1 amide bonds. The van der Waals surface area contributed by atoms with E-state index in [9.17, 15) is 14.0 Å². The molecule has 1 aromatic carbocycles. The van der Waals surface area contributed by atoms with Crippen molar-refractivity contribution in [3.8, 4) is 0 Å². The number of amides is 1. The van der Waals surface area contributed by atoms with Gasteiger partial charge < -0.3 is 10.1 Å². The zero-order valence-corrected chi connectivity index (χ0v) is 11.6. The maximum absolute atomic E-state index is 13.0. The number of aromatic nitrogens is 2. The third-order valence-corrected chi connectivity index (χ3v) is 3.28. The topological polar surface area (TPSA) is 84.1 Å². The van der Waals surface area contributed by atoms with Crippen molar-refractivity contribution in [1.82, 2.24) is 15.5 Å². The average molecular weight is 303 g/mol. The number of esters is 1. The molecule has 0 radical (unpaired) electrons. The average Bonchev–Trinajstić information content (AvgIpc) is 3.15. The van der Waals surface area contributed by atoms with Gasteiger partial charge in [-0.25, -0.2) is 9.18 Å². The van der Waals surface area contributed by atoms with Crippen LogP contribution in [0.25, 0.3) is 0 Å². The van der Waals surface area contributed by atoms with E-state index in [0.717, 1.165) is 12.8 Å². The predicted molar refractivity (Wildman–Crippen MR) is 74.3 cm³/mol. The van der Waals surface area contributed by atoms with Crippen molar-refractivity contribution in [3.63, 3.8) is 0 Å². The first-order valence-corrected chi connectivity index (χ1v) is 6.89. The molecule has 1 unspecified atom stereocenters. The number of rotatable bonds is 5. The summed E-state index contributed by atoms with van der Waals surface area (Å²) in [5.41, 5.74) is 0.554. The van der Waals surface area contributed by atoms with Crippen molar-refractivity contribution in [2.75, 3.05) is 0 Å². The first-order chi connectivity index (χ1) is 10.6. The van der Waals surface area contributed by atoms with Crippen LogP contribution in [0, 0.1) is 5.82 Å². The van der Waals surface area contributed by atoms with E-state index >= 15 is 0 Å². The lowest BCUT2D eigenvalue weighted by molar-refractivity contribution is -0.130. The summed E-state index contributed by atoms with van der Waals surface area (Å²) in [6.45, 7) is 0. The van der Waals surface area contributed by atoms with Gasteiger partial charge in [0.2, 0.25) is 6.10 Å². The molecule has 3 rings (SSSR count). The van der Waals surface area contributed by atoms with E-state index in [0.29, 0.717) is 5.56 Å². The number of H-pyrrole nitrogens is 1. The summed E-state index contributed by atoms with van der Waals surface area (Å²) in [4.78, 5) is 24.3. The van der Waals surface area contributed by atoms with Gasteiger partial charge in [0.1, 0.15) is 11.5 Å². The Hall–Kier alpha value is -2.70. The Kier molecular flexibility index (Phi) is 3.86. The first-order valence-electron chi connectivity index (χ1n) is 6.89. The maximum Gasteiger partial charge on any atom is 0.357 e. The predicted octanol–water partition coefficient (Wildman–Crippen LogP) is 1.73. The largest absolute Gasteiger partial charge is 0.443 e. The molecular formula is C15H14FN3O3. The molecule has 7 heteroatoms. The second-order valence-electron chi connectivity index (χ2n) is 5.09. The molecule has 114 valence electrons. The number of carbonyl (C=O) groups excluding carboxylic acids is 2. The minimum absolute atomic E-state index is 0.126. The van der Waals surface area contributed by atoms with Gasteiger partial charge in [0.25, 0.3) is 5.91 Å². The molecule has 1 saturated carbocycles. The van der Waals surface area contributed by atoms with Crippen molar-refractivity contribution >= 4 is 11.9 Å². The summed E-state index contributed by atoms with van der Waals surface area (Å²) in [5.74, 6) is -1.54. The van der Waals surface area contributed by atoms with E-state index < -0.39 is 23.8 Å². The van der Waals surface area contributed by atoms with Crippen LogP contribution in [0.5, 0.6) is 0 Å². The van der Waals surface area contributed by atoms with Gasteiger partial charge in [-0.1, -0.05) is 12.1 Å². The van der Waals surface area contributed by atoms with Crippen LogP contribution in [0.1, 0.15) is 35.0 Å². The molecule has 2 N–H and O–H groups in total. The van der Waals surface area contributed by atoms with Crippen LogP contribution in [0.4, 0.5) is 4.39 Å². The minimum atomic E-state index is -1.13. The number of halogens is 1. The summed E-state index contributed by atoms with van der Waals surface area (Å²) >= 11 is 0. The number of ether oxygens (including phenoxy) is 1. The number of nitrogens with zero attached hydrogens (tertiary/aromatic N) is 1. The van der Waals surface area contributed by atoms with Crippen molar-refractivity contribution in [2.24, 2.45) is 0 Å². The Morgan fingerprint density at radius 1 is 1.27 bits per heavy atom. The van der Waals surface area contributed by atoms with E-state index in [-0.39, 0.29) is 11.7 Å². The van der Waals surface area contributed by atoms with Crippen molar-refractivity contribution in [3.05, 3.63) is 53.6 Å². The van der Waals surface area contributed by atoms with Crippen LogP contribution in [0.2, 0.25) is 0 Å². The smallest absolute Gasteiger partial charge is 0.357 e. The molecule has 0 spiro atoms. The van der Waals surface area contributed by atoms with E-state index in [1.807, 2.05) is 0 Å². The number of aromatic amines is 1. The van der Waals surface area contributed by atoms with Crippen molar-refractivity contribution in [2.45, 2.75) is 25.0 Å². The number of nitrogens with one attached hydrogen (secondary N) is 2. The fraction of sp³-hybridized carbons (Fsp3) is 0.267. The lowest BCUT2D eigenvalue weighted by Crippen LogP contribution is -2.33. The highest BCUT2D eigenvalue weighted by Crippen LogP contribution is 2.24. The molecule has 1 atom stereocenters. The van der Waals surface area contributed by atoms with Gasteiger partial charge in [0.15, 0.2) is 0 Å². The number of hydrogen-bond acceptors (Lipinski definition) is 4. The zero-order valence-electron chi connectivity index (χ0n) is 11.6. The Labute approximate surface area is 125 Å². The monoisotopic (exact) mass is 303 g/mol. The Morgan fingerprint density at radius 3 is 2.59 bits per heavy atom. The molecule has 6 nitrogen and oxygen atoms in total. The van der Waals surface area contributed by atoms with E-state index in [2.05, 4.69) is 15.5 Å². The Morgan fingerprint density at radius 2 is 2.00 bits per heavy atom. The van der Waals surface area contributed by atoms with Gasteiger partial charge >= 0.3 is 5.97 Å². The summed E-state index contributed by atoms with van der Waals surface area (Å²) < 4.78 is 18.3. The molecule has 2 aromatic rings. The highest BCUT2D eigenvalue weighted by Gasteiger charge is 2.31. The molecule has 1 aliphatic carbocycles.